The van der Waals surface area contributed by atoms with Gasteiger partial charge in [0.05, 0.1) is 0 Å². The number of aromatic nitrogens is 1. The number of rotatable bonds is 8. The number of carboxylic acids is 1. The molecule has 1 aromatic heterocycles. The number of aliphatic carboxylic acids is 1. The van der Waals surface area contributed by atoms with E-state index >= 15 is 0 Å². The quantitative estimate of drug-likeness (QED) is 0.460. The number of hydrogen-bond acceptors (Lipinski definition) is 4. The lowest BCUT2D eigenvalue weighted by atomic mass is 10.0. The summed E-state index contributed by atoms with van der Waals surface area (Å²) in [5.74, 6) is -0.788. The summed E-state index contributed by atoms with van der Waals surface area (Å²) in [5.41, 5.74) is 3.70. The van der Waals surface area contributed by atoms with E-state index in [2.05, 4.69) is 10.1 Å². The first-order valence-corrected chi connectivity index (χ1v) is 7.56. The van der Waals surface area contributed by atoms with Crippen molar-refractivity contribution in [3.05, 3.63) is 65.5 Å². The van der Waals surface area contributed by atoms with E-state index in [9.17, 15) is 4.79 Å². The molecule has 1 heterocycles. The van der Waals surface area contributed by atoms with Gasteiger partial charge in [0.15, 0.2) is 0 Å². The van der Waals surface area contributed by atoms with Crippen molar-refractivity contribution in [3.63, 3.8) is 0 Å². The van der Waals surface area contributed by atoms with Gasteiger partial charge in [-0.05, 0) is 38.0 Å². The molecule has 0 radical (unpaired) electrons. The fraction of sp³-hybridized carbons (Fsp3) is 0.278. The summed E-state index contributed by atoms with van der Waals surface area (Å²) in [6, 6.07) is 11.8. The summed E-state index contributed by atoms with van der Waals surface area (Å²) in [5, 5.41) is 12.9. The minimum absolute atomic E-state index is 0.153. The van der Waals surface area contributed by atoms with Crippen LogP contribution >= 0.6 is 0 Å². The maximum atomic E-state index is 10.5. The minimum Gasteiger partial charge on any atom is -0.481 e. The van der Waals surface area contributed by atoms with E-state index in [1.165, 1.54) is 0 Å². The summed E-state index contributed by atoms with van der Waals surface area (Å²) in [4.78, 5) is 20.0. The molecule has 0 spiro atoms. The summed E-state index contributed by atoms with van der Waals surface area (Å²) in [7, 11) is 0. The van der Waals surface area contributed by atoms with Gasteiger partial charge in [-0.15, -0.1) is 0 Å². The van der Waals surface area contributed by atoms with E-state index < -0.39 is 5.97 Å². The van der Waals surface area contributed by atoms with Crippen LogP contribution < -0.4 is 0 Å². The van der Waals surface area contributed by atoms with Gasteiger partial charge < -0.3 is 9.94 Å². The summed E-state index contributed by atoms with van der Waals surface area (Å²) in [6.07, 6.45) is 4.85. The largest absolute Gasteiger partial charge is 0.481 e. The van der Waals surface area contributed by atoms with Gasteiger partial charge in [-0.25, -0.2) is 0 Å². The number of carboxylic acid groups (broad SMARTS) is 1. The summed E-state index contributed by atoms with van der Waals surface area (Å²) < 4.78 is 0. The van der Waals surface area contributed by atoms with Gasteiger partial charge in [-0.1, -0.05) is 28.9 Å². The van der Waals surface area contributed by atoms with Crippen molar-refractivity contribution < 1.29 is 14.7 Å². The molecule has 0 aliphatic carbocycles. The van der Waals surface area contributed by atoms with Crippen LogP contribution in [0.25, 0.3) is 0 Å². The third kappa shape index (κ3) is 5.54. The van der Waals surface area contributed by atoms with Gasteiger partial charge >= 0.3 is 5.97 Å². The smallest absolute Gasteiger partial charge is 0.303 e. The molecule has 0 aliphatic rings. The predicted molar refractivity (Wildman–Crippen MR) is 88.5 cm³/mol. The average Bonchev–Trinajstić information content (AvgIpc) is 2.54. The van der Waals surface area contributed by atoms with E-state index in [0.717, 1.165) is 22.4 Å². The number of nitrogens with zero attached hydrogens (tertiary/aromatic N) is 2. The van der Waals surface area contributed by atoms with E-state index in [1.54, 1.807) is 12.4 Å². The number of carbonyl (C=O) groups is 1. The molecule has 2 rings (SSSR count). The molecule has 0 aliphatic heterocycles. The lowest BCUT2D eigenvalue weighted by Gasteiger charge is -2.08. The number of aryl methyl sites for hydroxylation is 1. The molecule has 0 saturated carbocycles. The van der Waals surface area contributed by atoms with Crippen molar-refractivity contribution in [1.29, 1.82) is 0 Å². The molecule has 1 aromatic carbocycles. The van der Waals surface area contributed by atoms with Crippen molar-refractivity contribution in [1.82, 2.24) is 4.98 Å². The zero-order valence-electron chi connectivity index (χ0n) is 13.1. The van der Waals surface area contributed by atoms with Crippen LogP contribution in [0.2, 0.25) is 0 Å². The second-order valence-electron chi connectivity index (χ2n) is 5.24. The molecule has 0 unspecified atom stereocenters. The van der Waals surface area contributed by atoms with Gasteiger partial charge in [-0.3, -0.25) is 9.78 Å². The Morgan fingerprint density at radius 1 is 1.22 bits per heavy atom. The SMILES string of the molecule is Cc1cccc(/C(=N\OCCCCC(=O)O)c2cccnc2)c1. The first kappa shape index (κ1) is 16.7. The molecular formula is C18H20N2O3. The van der Waals surface area contributed by atoms with Crippen molar-refractivity contribution >= 4 is 11.7 Å². The molecule has 0 atom stereocenters. The van der Waals surface area contributed by atoms with Crippen LogP contribution in [0.1, 0.15) is 36.0 Å². The second-order valence-corrected chi connectivity index (χ2v) is 5.24. The number of hydrogen-bond donors (Lipinski definition) is 1. The van der Waals surface area contributed by atoms with E-state index in [-0.39, 0.29) is 6.42 Å². The lowest BCUT2D eigenvalue weighted by Crippen LogP contribution is -2.06. The Morgan fingerprint density at radius 2 is 2.04 bits per heavy atom. The Labute approximate surface area is 135 Å². The zero-order valence-corrected chi connectivity index (χ0v) is 13.1. The highest BCUT2D eigenvalue weighted by atomic mass is 16.6. The molecule has 0 fully saturated rings. The van der Waals surface area contributed by atoms with Crippen LogP contribution in [0.5, 0.6) is 0 Å². The molecule has 23 heavy (non-hydrogen) atoms. The van der Waals surface area contributed by atoms with Crippen molar-refractivity contribution in [2.24, 2.45) is 5.16 Å². The fourth-order valence-electron chi connectivity index (χ4n) is 2.12. The van der Waals surface area contributed by atoms with Crippen molar-refractivity contribution in [2.45, 2.75) is 26.2 Å². The highest BCUT2D eigenvalue weighted by Crippen LogP contribution is 2.12. The first-order chi connectivity index (χ1) is 11.2. The van der Waals surface area contributed by atoms with Gasteiger partial charge in [0.25, 0.3) is 0 Å². The topological polar surface area (TPSA) is 71.8 Å². The van der Waals surface area contributed by atoms with Crippen LogP contribution in [0.3, 0.4) is 0 Å². The molecule has 5 heteroatoms. The molecule has 2 aromatic rings. The fourth-order valence-corrected chi connectivity index (χ4v) is 2.12. The van der Waals surface area contributed by atoms with Crippen LogP contribution in [0.15, 0.2) is 53.9 Å². The monoisotopic (exact) mass is 312 g/mol. The second kappa shape index (κ2) is 8.68. The Kier molecular flexibility index (Phi) is 6.29. The van der Waals surface area contributed by atoms with Crippen molar-refractivity contribution in [3.8, 4) is 0 Å². The third-order valence-electron chi connectivity index (χ3n) is 3.26. The molecule has 0 saturated heterocycles. The van der Waals surface area contributed by atoms with Gasteiger partial charge in [0.2, 0.25) is 0 Å². The van der Waals surface area contributed by atoms with Gasteiger partial charge in [0, 0.05) is 29.9 Å². The minimum atomic E-state index is -0.788. The van der Waals surface area contributed by atoms with E-state index in [1.807, 2.05) is 43.3 Å². The van der Waals surface area contributed by atoms with Crippen molar-refractivity contribution in [2.75, 3.05) is 6.61 Å². The molecule has 120 valence electrons. The summed E-state index contributed by atoms with van der Waals surface area (Å²) in [6.45, 7) is 2.42. The Hall–Kier alpha value is -2.69. The third-order valence-corrected chi connectivity index (χ3v) is 3.26. The van der Waals surface area contributed by atoms with Crippen LogP contribution in [-0.2, 0) is 9.63 Å². The highest BCUT2D eigenvalue weighted by Gasteiger charge is 2.08. The number of unbranched alkanes of at least 4 members (excludes halogenated alkanes) is 1. The average molecular weight is 312 g/mol. The van der Waals surface area contributed by atoms with E-state index in [0.29, 0.717) is 19.4 Å². The summed E-state index contributed by atoms with van der Waals surface area (Å²) >= 11 is 0. The Bertz CT molecular complexity index is 669. The predicted octanol–water partition coefficient (Wildman–Crippen LogP) is 3.41. The molecule has 5 nitrogen and oxygen atoms in total. The van der Waals surface area contributed by atoms with Crippen LogP contribution in [0, 0.1) is 6.92 Å². The Balaban J connectivity index is 2.08. The van der Waals surface area contributed by atoms with E-state index in [4.69, 9.17) is 9.94 Å². The maximum Gasteiger partial charge on any atom is 0.303 e. The van der Waals surface area contributed by atoms with Gasteiger partial charge in [-0.2, -0.15) is 0 Å². The molecule has 1 N–H and O–H groups in total. The Morgan fingerprint density at radius 3 is 2.74 bits per heavy atom. The van der Waals surface area contributed by atoms with Crippen LogP contribution in [-0.4, -0.2) is 28.4 Å². The van der Waals surface area contributed by atoms with Gasteiger partial charge in [0.1, 0.15) is 12.3 Å². The molecule has 0 bridgehead atoms. The molecule has 0 amide bonds. The standard InChI is InChI=1S/C18H20N2O3/c1-14-6-4-7-15(12-14)18(16-8-5-10-19-13-16)20-23-11-3-2-9-17(21)22/h4-8,10,12-13H,2-3,9,11H2,1H3,(H,21,22)/b20-18+. The molecular weight excluding hydrogens is 292 g/mol. The number of oxime groups is 1. The first-order valence-electron chi connectivity index (χ1n) is 7.56. The number of pyridine rings is 1. The zero-order chi connectivity index (χ0) is 16.5. The lowest BCUT2D eigenvalue weighted by molar-refractivity contribution is -0.137. The highest BCUT2D eigenvalue weighted by molar-refractivity contribution is 6.12. The number of benzene rings is 1. The van der Waals surface area contributed by atoms with Crippen LogP contribution in [0.4, 0.5) is 0 Å². The maximum absolute atomic E-state index is 10.5. The normalized spacial score (nSPS) is 11.3.